The molecule has 4 heterocycles. The minimum atomic E-state index is -0.424. The molecule has 1 aromatic carbocycles. The van der Waals surface area contributed by atoms with E-state index in [0.29, 0.717) is 17.3 Å². The lowest BCUT2D eigenvalue weighted by atomic mass is 10.1. The Morgan fingerprint density at radius 1 is 1.09 bits per heavy atom. The van der Waals surface area contributed by atoms with Crippen molar-refractivity contribution in [3.05, 3.63) is 54.2 Å². The van der Waals surface area contributed by atoms with E-state index < -0.39 is 5.91 Å². The molecule has 1 amide bonds. The second kappa shape index (κ2) is 8.63. The highest BCUT2D eigenvalue weighted by Gasteiger charge is 2.22. The first-order valence-electron chi connectivity index (χ1n) is 10.2. The van der Waals surface area contributed by atoms with E-state index in [0.717, 1.165) is 44.2 Å². The Kier molecular flexibility index (Phi) is 5.38. The maximum absolute atomic E-state index is 12.0. The van der Waals surface area contributed by atoms with Crippen molar-refractivity contribution in [1.82, 2.24) is 20.3 Å². The fourth-order valence-corrected chi connectivity index (χ4v) is 3.74. The predicted octanol–water partition coefficient (Wildman–Crippen LogP) is 1.46. The highest BCUT2D eigenvalue weighted by atomic mass is 16.7. The molecule has 4 N–H and O–H groups in total. The highest BCUT2D eigenvalue weighted by molar-refractivity contribution is 5.92. The molecule has 5 rings (SSSR count). The Morgan fingerprint density at radius 3 is 2.75 bits per heavy atom. The van der Waals surface area contributed by atoms with Crippen LogP contribution in [-0.2, 0) is 6.54 Å². The third-order valence-electron chi connectivity index (χ3n) is 5.42. The van der Waals surface area contributed by atoms with Crippen molar-refractivity contribution in [2.24, 2.45) is 0 Å². The van der Waals surface area contributed by atoms with Gasteiger partial charge in [0.25, 0.3) is 0 Å². The van der Waals surface area contributed by atoms with Crippen LogP contribution >= 0.6 is 0 Å². The average Bonchev–Trinajstić information content (AvgIpc) is 3.51. The summed E-state index contributed by atoms with van der Waals surface area (Å²) in [4.78, 5) is 25.0. The van der Waals surface area contributed by atoms with Gasteiger partial charge < -0.3 is 24.5 Å². The number of fused-ring (bicyclic) bond motifs is 1. The van der Waals surface area contributed by atoms with E-state index in [4.69, 9.17) is 19.6 Å². The van der Waals surface area contributed by atoms with Gasteiger partial charge in [-0.1, -0.05) is 6.07 Å². The van der Waals surface area contributed by atoms with Gasteiger partial charge in [-0.25, -0.2) is 9.97 Å². The highest BCUT2D eigenvalue weighted by Crippen LogP contribution is 2.33. The number of rotatable bonds is 6. The van der Waals surface area contributed by atoms with E-state index in [9.17, 15) is 4.79 Å². The second-order valence-electron chi connectivity index (χ2n) is 7.47. The molecule has 2 aliphatic rings. The molecule has 3 aromatic rings. The van der Waals surface area contributed by atoms with Gasteiger partial charge in [0.05, 0.1) is 6.26 Å². The van der Waals surface area contributed by atoms with Gasteiger partial charge in [0.2, 0.25) is 6.79 Å². The average molecular weight is 437 g/mol. The maximum Gasteiger partial charge on any atom is 0.305 e. The van der Waals surface area contributed by atoms with E-state index in [1.54, 1.807) is 12.1 Å². The molecule has 166 valence electrons. The molecule has 0 aliphatic carbocycles. The molecule has 11 heteroatoms. The minimum Gasteiger partial charge on any atom is -0.459 e. The molecule has 32 heavy (non-hydrogen) atoms. The number of carbonyl (C=O) groups excluding carboxylic acids is 1. The van der Waals surface area contributed by atoms with Crippen LogP contribution in [0.2, 0.25) is 0 Å². The molecular formula is C21H23N7O4. The number of furan rings is 1. The zero-order valence-corrected chi connectivity index (χ0v) is 17.3. The number of anilines is 3. The molecule has 1 fully saturated rings. The van der Waals surface area contributed by atoms with Crippen LogP contribution < -0.4 is 31.0 Å². The topological polar surface area (TPSA) is 131 Å². The van der Waals surface area contributed by atoms with Gasteiger partial charge in [-0.05, 0) is 29.8 Å². The smallest absolute Gasteiger partial charge is 0.305 e. The summed E-state index contributed by atoms with van der Waals surface area (Å²) < 4.78 is 15.9. The Balaban J connectivity index is 1.18. The molecule has 0 spiro atoms. The van der Waals surface area contributed by atoms with Crippen molar-refractivity contribution >= 4 is 23.2 Å². The normalized spacial score (nSPS) is 15.6. The van der Waals surface area contributed by atoms with E-state index in [1.807, 2.05) is 12.1 Å². The molecule has 1 saturated heterocycles. The number of hydrazine groups is 1. The zero-order valence-electron chi connectivity index (χ0n) is 17.3. The van der Waals surface area contributed by atoms with Crippen LogP contribution in [0.15, 0.2) is 47.3 Å². The zero-order chi connectivity index (χ0) is 21.9. The van der Waals surface area contributed by atoms with Crippen molar-refractivity contribution < 1.29 is 18.7 Å². The molecular weight excluding hydrogens is 414 g/mol. The second-order valence-corrected chi connectivity index (χ2v) is 7.47. The number of piperazine rings is 1. The summed E-state index contributed by atoms with van der Waals surface area (Å²) in [6.07, 6.45) is 2.85. The molecule has 0 bridgehead atoms. The number of ether oxygens (including phenoxy) is 2. The maximum atomic E-state index is 12.0. The lowest BCUT2D eigenvalue weighted by Crippen LogP contribution is -2.46. The third kappa shape index (κ3) is 4.10. The summed E-state index contributed by atoms with van der Waals surface area (Å²) in [5, 5.41) is 0. The molecule has 11 nitrogen and oxygen atoms in total. The van der Waals surface area contributed by atoms with Gasteiger partial charge in [-0.3, -0.25) is 20.5 Å². The van der Waals surface area contributed by atoms with Crippen LogP contribution in [-0.4, -0.2) is 53.7 Å². The van der Waals surface area contributed by atoms with Crippen LogP contribution in [0, 0.1) is 0 Å². The first kappa shape index (κ1) is 19.9. The van der Waals surface area contributed by atoms with Crippen LogP contribution in [0.5, 0.6) is 11.5 Å². The van der Waals surface area contributed by atoms with Crippen molar-refractivity contribution in [1.29, 1.82) is 0 Å². The monoisotopic (exact) mass is 437 g/mol. The Labute approximate surface area is 184 Å². The minimum absolute atomic E-state index is 0.184. The number of carbonyl (C=O) groups is 1. The summed E-state index contributed by atoms with van der Waals surface area (Å²) >= 11 is 0. The van der Waals surface area contributed by atoms with E-state index in [2.05, 4.69) is 36.7 Å². The summed E-state index contributed by atoms with van der Waals surface area (Å²) in [6, 6.07) is 9.26. The summed E-state index contributed by atoms with van der Waals surface area (Å²) in [5.74, 6) is 2.32. The van der Waals surface area contributed by atoms with Gasteiger partial charge in [0, 0.05) is 32.7 Å². The largest absolute Gasteiger partial charge is 0.459 e. The number of benzene rings is 1. The van der Waals surface area contributed by atoms with Crippen LogP contribution in [0.1, 0.15) is 16.1 Å². The number of aromatic nitrogens is 2. The fraction of sp³-hybridized carbons (Fsp3) is 0.286. The van der Waals surface area contributed by atoms with E-state index in [-0.39, 0.29) is 12.6 Å². The number of hydrogen-bond acceptors (Lipinski definition) is 10. The number of nitrogens with zero attached hydrogens (tertiary/aromatic N) is 4. The van der Waals surface area contributed by atoms with Crippen LogP contribution in [0.3, 0.4) is 0 Å². The van der Waals surface area contributed by atoms with Crippen molar-refractivity contribution in [2.45, 2.75) is 6.54 Å². The summed E-state index contributed by atoms with van der Waals surface area (Å²) in [7, 11) is 0. The van der Waals surface area contributed by atoms with Gasteiger partial charge >= 0.3 is 5.91 Å². The van der Waals surface area contributed by atoms with Crippen molar-refractivity contribution in [2.75, 3.05) is 49.0 Å². The number of nitrogens with two attached hydrogens (primary N) is 1. The first-order chi connectivity index (χ1) is 15.7. The van der Waals surface area contributed by atoms with Gasteiger partial charge in [-0.2, -0.15) is 0 Å². The van der Waals surface area contributed by atoms with Crippen LogP contribution in [0.25, 0.3) is 0 Å². The predicted molar refractivity (Wildman–Crippen MR) is 116 cm³/mol. The molecule has 0 unspecified atom stereocenters. The summed E-state index contributed by atoms with van der Waals surface area (Å²) in [5.41, 5.74) is 13.1. The molecule has 0 saturated carbocycles. The number of nitrogen functional groups attached to an aromatic ring is 1. The molecule has 2 aromatic heterocycles. The first-order valence-corrected chi connectivity index (χ1v) is 10.2. The Morgan fingerprint density at radius 2 is 1.94 bits per heavy atom. The number of hydrogen-bond donors (Lipinski definition) is 3. The Bertz CT molecular complexity index is 1100. The number of nitrogens with one attached hydrogen (secondary N) is 2. The summed E-state index contributed by atoms with van der Waals surface area (Å²) in [6.45, 7) is 4.36. The standard InChI is InChI=1S/C21H23N7O4/c22-18-19(25-26-21(29)16-2-1-9-30-16)23-12-24-20(18)28-7-5-27(6-8-28)11-14-3-4-15-17(10-14)32-13-31-15/h1-4,9-10,12H,5-8,11,13,22H2,(H,26,29)(H,23,24,25). The molecule has 2 aliphatic heterocycles. The Hall–Kier alpha value is -3.99. The van der Waals surface area contributed by atoms with Gasteiger partial charge in [0.1, 0.15) is 12.0 Å². The van der Waals surface area contributed by atoms with E-state index in [1.165, 1.54) is 18.2 Å². The van der Waals surface area contributed by atoms with E-state index >= 15 is 0 Å². The number of amides is 1. The lowest BCUT2D eigenvalue weighted by Gasteiger charge is -2.36. The van der Waals surface area contributed by atoms with Crippen LogP contribution in [0.4, 0.5) is 17.3 Å². The van der Waals surface area contributed by atoms with Crippen molar-refractivity contribution in [3.63, 3.8) is 0 Å². The van der Waals surface area contributed by atoms with Crippen molar-refractivity contribution in [3.8, 4) is 11.5 Å². The third-order valence-corrected chi connectivity index (χ3v) is 5.42. The quantitative estimate of drug-likeness (QED) is 0.487. The molecule has 0 radical (unpaired) electrons. The molecule has 0 atom stereocenters. The fourth-order valence-electron chi connectivity index (χ4n) is 3.74. The SMILES string of the molecule is Nc1c(NNC(=O)c2ccco2)ncnc1N1CCN(Cc2ccc3c(c2)OCO3)CC1. The van der Waals surface area contributed by atoms with Gasteiger partial charge in [-0.15, -0.1) is 0 Å². The lowest BCUT2D eigenvalue weighted by molar-refractivity contribution is 0.0935. The van der Waals surface area contributed by atoms with Gasteiger partial charge in [0.15, 0.2) is 28.9 Å².